The molecule has 4 heteroatoms. The van der Waals surface area contributed by atoms with Gasteiger partial charge in [0.05, 0.1) is 20.6 Å². The van der Waals surface area contributed by atoms with Gasteiger partial charge in [-0.1, -0.05) is 6.58 Å². The van der Waals surface area contributed by atoms with Crippen molar-refractivity contribution < 1.29 is 14.0 Å². The Morgan fingerprint density at radius 2 is 2.00 bits per heavy atom. The van der Waals surface area contributed by atoms with Crippen LogP contribution < -0.4 is 5.32 Å². The van der Waals surface area contributed by atoms with Crippen LogP contribution in [0.1, 0.15) is 6.92 Å². The van der Waals surface area contributed by atoms with Crippen molar-refractivity contribution in [1.82, 2.24) is 5.32 Å². The molecule has 4 nitrogen and oxygen atoms in total. The zero-order valence-electron chi connectivity index (χ0n) is 10.3. The van der Waals surface area contributed by atoms with Gasteiger partial charge in [0.2, 0.25) is 0 Å². The minimum atomic E-state index is -0.302. The van der Waals surface area contributed by atoms with Gasteiger partial charge in [0, 0.05) is 12.1 Å². The van der Waals surface area contributed by atoms with Crippen molar-refractivity contribution in [3.8, 4) is 0 Å². The van der Waals surface area contributed by atoms with Crippen molar-refractivity contribution in [3.63, 3.8) is 0 Å². The molecular weight excluding hydrogens is 192 g/mol. The van der Waals surface area contributed by atoms with Gasteiger partial charge in [0.25, 0.3) is 0 Å². The van der Waals surface area contributed by atoms with Gasteiger partial charge >= 0.3 is 5.97 Å². The highest BCUT2D eigenvalue weighted by Crippen LogP contribution is 1.97. The largest absolute Gasteiger partial charge is 0.456 e. The molecule has 0 unspecified atom stereocenters. The third kappa shape index (κ3) is 7.11. The molecule has 0 aromatic rings. The van der Waals surface area contributed by atoms with Gasteiger partial charge in [-0.15, -0.1) is 0 Å². The number of hydrogen-bond donors (Lipinski definition) is 1. The summed E-state index contributed by atoms with van der Waals surface area (Å²) in [6.45, 7) is 8.43. The van der Waals surface area contributed by atoms with E-state index in [2.05, 4.69) is 26.0 Å². The van der Waals surface area contributed by atoms with E-state index in [1.54, 1.807) is 6.92 Å². The van der Waals surface area contributed by atoms with Gasteiger partial charge < -0.3 is 14.5 Å². The number of quaternary nitrogens is 1. The van der Waals surface area contributed by atoms with E-state index in [1.165, 1.54) is 0 Å². The van der Waals surface area contributed by atoms with Crippen LogP contribution in [0.2, 0.25) is 0 Å². The lowest BCUT2D eigenvalue weighted by Gasteiger charge is -2.29. The summed E-state index contributed by atoms with van der Waals surface area (Å²) in [7, 11) is 6.17. The molecule has 0 spiro atoms. The molecule has 1 N–H and O–H groups in total. The van der Waals surface area contributed by atoms with Gasteiger partial charge in [0.15, 0.2) is 0 Å². The summed E-state index contributed by atoms with van der Waals surface area (Å²) in [6.07, 6.45) is 0. The van der Waals surface area contributed by atoms with Gasteiger partial charge in [0.1, 0.15) is 13.2 Å². The number of esters is 1. The molecule has 0 aliphatic carbocycles. The van der Waals surface area contributed by atoms with Crippen molar-refractivity contribution >= 4 is 5.97 Å². The summed E-state index contributed by atoms with van der Waals surface area (Å²) >= 11 is 0. The summed E-state index contributed by atoms with van der Waals surface area (Å²) in [5.74, 6) is -0.302. The third-order valence-electron chi connectivity index (χ3n) is 2.25. The van der Waals surface area contributed by atoms with Crippen molar-refractivity contribution in [2.24, 2.45) is 0 Å². The topological polar surface area (TPSA) is 38.3 Å². The molecule has 0 rings (SSSR count). The number of hydrogen-bond acceptors (Lipinski definition) is 3. The van der Waals surface area contributed by atoms with Gasteiger partial charge in [-0.2, -0.15) is 0 Å². The van der Waals surface area contributed by atoms with Crippen molar-refractivity contribution in [1.29, 1.82) is 0 Å². The average molecular weight is 215 g/mol. The molecule has 0 atom stereocenters. The predicted octanol–water partition coefficient (Wildman–Crippen LogP) is 0.402. The maximum absolute atomic E-state index is 11.1. The SMILES string of the molecule is C=C(C)C(=O)OCC[N+](C)(C)CCNC. The number of likely N-dealkylation sites (N-methyl/N-ethyl adjacent to an activating group) is 2. The van der Waals surface area contributed by atoms with Gasteiger partial charge in [-0.25, -0.2) is 4.79 Å². The second-order valence-corrected chi connectivity index (χ2v) is 4.40. The molecule has 0 aliphatic rings. The smallest absolute Gasteiger partial charge is 0.333 e. The van der Waals surface area contributed by atoms with Crippen molar-refractivity contribution in [2.75, 3.05) is 47.4 Å². The molecule has 0 radical (unpaired) electrons. The molecular formula is C11H23N2O2+. The molecule has 88 valence electrons. The first kappa shape index (κ1) is 14.1. The van der Waals surface area contributed by atoms with E-state index in [4.69, 9.17) is 4.74 Å². The third-order valence-corrected chi connectivity index (χ3v) is 2.25. The Balaban J connectivity index is 3.74. The molecule has 0 aromatic heterocycles. The molecule has 15 heavy (non-hydrogen) atoms. The highest BCUT2D eigenvalue weighted by atomic mass is 16.5. The Labute approximate surface area is 92.5 Å². The van der Waals surface area contributed by atoms with Crippen LogP contribution in [0.15, 0.2) is 12.2 Å². The number of nitrogens with one attached hydrogen (secondary N) is 1. The van der Waals surface area contributed by atoms with E-state index in [0.717, 1.165) is 24.1 Å². The highest BCUT2D eigenvalue weighted by molar-refractivity contribution is 5.86. The van der Waals surface area contributed by atoms with Crippen LogP contribution in [0.5, 0.6) is 0 Å². The zero-order valence-corrected chi connectivity index (χ0v) is 10.3. The lowest BCUT2D eigenvalue weighted by atomic mass is 10.4. The van der Waals surface area contributed by atoms with E-state index in [0.29, 0.717) is 12.2 Å². The molecule has 0 amide bonds. The first-order valence-electron chi connectivity index (χ1n) is 5.18. The van der Waals surface area contributed by atoms with Gasteiger partial charge in [-0.3, -0.25) is 0 Å². The minimum absolute atomic E-state index is 0.302. The molecule has 0 aromatic carbocycles. The van der Waals surface area contributed by atoms with E-state index in [-0.39, 0.29) is 5.97 Å². The summed E-state index contributed by atoms with van der Waals surface area (Å²) < 4.78 is 5.88. The van der Waals surface area contributed by atoms with Crippen LogP contribution in [0.25, 0.3) is 0 Å². The Morgan fingerprint density at radius 3 is 2.47 bits per heavy atom. The zero-order chi connectivity index (χ0) is 11.9. The van der Waals surface area contributed by atoms with Crippen LogP contribution in [0.4, 0.5) is 0 Å². The quantitative estimate of drug-likeness (QED) is 0.379. The average Bonchev–Trinajstić information content (AvgIpc) is 2.14. The minimum Gasteiger partial charge on any atom is -0.456 e. The highest BCUT2D eigenvalue weighted by Gasteiger charge is 2.15. The van der Waals surface area contributed by atoms with Crippen LogP contribution in [0.3, 0.4) is 0 Å². The summed E-state index contributed by atoms with van der Waals surface area (Å²) in [4.78, 5) is 11.1. The fourth-order valence-electron chi connectivity index (χ4n) is 1.03. The van der Waals surface area contributed by atoms with E-state index >= 15 is 0 Å². The Kier molecular flexibility index (Phi) is 6.20. The fourth-order valence-corrected chi connectivity index (χ4v) is 1.03. The number of nitrogens with zero attached hydrogens (tertiary/aromatic N) is 1. The summed E-state index contributed by atoms with van der Waals surface area (Å²) in [5, 5.41) is 3.10. The molecule has 0 fully saturated rings. The Morgan fingerprint density at radius 1 is 1.40 bits per heavy atom. The first-order chi connectivity index (χ1) is 6.89. The second-order valence-electron chi connectivity index (χ2n) is 4.40. The second kappa shape index (κ2) is 6.58. The molecule has 0 saturated carbocycles. The van der Waals surface area contributed by atoms with Crippen LogP contribution in [0, 0.1) is 0 Å². The maximum atomic E-state index is 11.1. The Hall–Kier alpha value is -0.870. The van der Waals surface area contributed by atoms with Crippen molar-refractivity contribution in [2.45, 2.75) is 6.92 Å². The fraction of sp³-hybridized carbons (Fsp3) is 0.727. The summed E-state index contributed by atoms with van der Waals surface area (Å²) in [6, 6.07) is 0. The normalized spacial score (nSPS) is 11.2. The predicted molar refractivity (Wildman–Crippen MR) is 61.5 cm³/mol. The maximum Gasteiger partial charge on any atom is 0.333 e. The first-order valence-corrected chi connectivity index (χ1v) is 5.18. The Bertz CT molecular complexity index is 225. The van der Waals surface area contributed by atoms with Crippen LogP contribution in [-0.4, -0.2) is 57.8 Å². The molecule has 0 aliphatic heterocycles. The number of carbonyl (C=O) groups is 1. The molecule has 0 bridgehead atoms. The van der Waals surface area contributed by atoms with E-state index in [1.807, 2.05) is 7.05 Å². The number of ether oxygens (including phenoxy) is 1. The summed E-state index contributed by atoms with van der Waals surface area (Å²) in [5.41, 5.74) is 0.454. The number of rotatable bonds is 7. The van der Waals surface area contributed by atoms with E-state index < -0.39 is 0 Å². The molecule has 0 saturated heterocycles. The van der Waals surface area contributed by atoms with E-state index in [9.17, 15) is 4.79 Å². The lowest BCUT2D eigenvalue weighted by Crippen LogP contribution is -2.46. The van der Waals surface area contributed by atoms with Crippen LogP contribution >= 0.6 is 0 Å². The monoisotopic (exact) mass is 215 g/mol. The molecule has 0 heterocycles. The lowest BCUT2D eigenvalue weighted by molar-refractivity contribution is -0.889. The van der Waals surface area contributed by atoms with Crippen LogP contribution in [-0.2, 0) is 9.53 Å². The number of carbonyl (C=O) groups excluding carboxylic acids is 1. The van der Waals surface area contributed by atoms with Gasteiger partial charge in [-0.05, 0) is 14.0 Å². The standard InChI is InChI=1S/C11H23N2O2/c1-10(2)11(14)15-9-8-13(4,5)7-6-12-3/h12H,1,6-9H2,2-5H3/q+1. The van der Waals surface area contributed by atoms with Crippen molar-refractivity contribution in [3.05, 3.63) is 12.2 Å².